The van der Waals surface area contributed by atoms with Gasteiger partial charge >= 0.3 is 0 Å². The van der Waals surface area contributed by atoms with Crippen molar-refractivity contribution in [1.29, 1.82) is 0 Å². The van der Waals surface area contributed by atoms with Gasteiger partial charge in [0.25, 0.3) is 0 Å². The first kappa shape index (κ1) is 12.9. The Morgan fingerprint density at radius 3 is 2.50 bits per heavy atom. The Balaban J connectivity index is 2.09. The first-order chi connectivity index (χ1) is 8.70. The first-order valence-electron chi connectivity index (χ1n) is 5.31. The molecular formula is C14H10Cl2O2. The molecule has 92 valence electrons. The molecule has 0 atom stereocenters. The fourth-order valence-electron chi connectivity index (χ4n) is 1.47. The zero-order valence-corrected chi connectivity index (χ0v) is 10.9. The van der Waals surface area contributed by atoms with Crippen LogP contribution in [0.5, 0.6) is 5.75 Å². The van der Waals surface area contributed by atoms with E-state index in [4.69, 9.17) is 27.9 Å². The zero-order chi connectivity index (χ0) is 13.0. The minimum Gasteiger partial charge on any atom is -0.489 e. The van der Waals surface area contributed by atoms with Crippen molar-refractivity contribution in [3.8, 4) is 5.75 Å². The lowest BCUT2D eigenvalue weighted by Gasteiger charge is -2.08. The van der Waals surface area contributed by atoms with Gasteiger partial charge in [0.05, 0.1) is 5.02 Å². The van der Waals surface area contributed by atoms with E-state index >= 15 is 0 Å². The molecule has 0 aliphatic carbocycles. The Labute approximate surface area is 115 Å². The van der Waals surface area contributed by atoms with Crippen LogP contribution >= 0.6 is 23.2 Å². The van der Waals surface area contributed by atoms with Crippen LogP contribution in [0.15, 0.2) is 42.5 Å². The summed E-state index contributed by atoms with van der Waals surface area (Å²) in [4.78, 5) is 10.6. The van der Waals surface area contributed by atoms with Crippen LogP contribution in [-0.4, -0.2) is 6.29 Å². The summed E-state index contributed by atoms with van der Waals surface area (Å²) in [5.74, 6) is 0.602. The number of rotatable bonds is 4. The number of carbonyl (C=O) groups is 1. The van der Waals surface area contributed by atoms with Crippen LogP contribution in [0.3, 0.4) is 0 Å². The highest BCUT2D eigenvalue weighted by Gasteiger charge is 2.03. The molecule has 0 aromatic heterocycles. The first-order valence-corrected chi connectivity index (χ1v) is 6.07. The largest absolute Gasteiger partial charge is 0.489 e. The number of hydrogen-bond acceptors (Lipinski definition) is 2. The summed E-state index contributed by atoms with van der Waals surface area (Å²) in [6, 6.07) is 12.4. The molecule has 2 aromatic carbocycles. The number of benzene rings is 2. The van der Waals surface area contributed by atoms with Crippen molar-refractivity contribution in [1.82, 2.24) is 0 Å². The van der Waals surface area contributed by atoms with E-state index in [9.17, 15) is 4.79 Å². The summed E-state index contributed by atoms with van der Waals surface area (Å²) in [6.07, 6.45) is 0.709. The van der Waals surface area contributed by atoms with Gasteiger partial charge in [0.2, 0.25) is 0 Å². The van der Waals surface area contributed by atoms with Crippen LogP contribution in [0.4, 0.5) is 0 Å². The zero-order valence-electron chi connectivity index (χ0n) is 9.40. The SMILES string of the molecule is O=Cc1ccc(OCc2ccccc2Cl)cc1Cl. The van der Waals surface area contributed by atoms with Crippen LogP contribution in [0.25, 0.3) is 0 Å². The monoisotopic (exact) mass is 280 g/mol. The average molecular weight is 281 g/mol. The maximum atomic E-state index is 10.6. The summed E-state index contributed by atoms with van der Waals surface area (Å²) in [5, 5.41) is 1.04. The van der Waals surface area contributed by atoms with Crippen molar-refractivity contribution >= 4 is 29.5 Å². The van der Waals surface area contributed by atoms with Crippen molar-refractivity contribution in [2.75, 3.05) is 0 Å². The van der Waals surface area contributed by atoms with Gasteiger partial charge in [-0.1, -0.05) is 41.4 Å². The number of aldehydes is 1. The van der Waals surface area contributed by atoms with Gasteiger partial charge in [-0.05, 0) is 24.3 Å². The Morgan fingerprint density at radius 1 is 1.06 bits per heavy atom. The fourth-order valence-corrected chi connectivity index (χ4v) is 1.88. The molecule has 18 heavy (non-hydrogen) atoms. The third-order valence-electron chi connectivity index (χ3n) is 2.45. The van der Waals surface area contributed by atoms with Crippen LogP contribution in [-0.2, 0) is 6.61 Å². The summed E-state index contributed by atoms with van der Waals surface area (Å²) >= 11 is 11.9. The van der Waals surface area contributed by atoms with E-state index in [1.54, 1.807) is 18.2 Å². The Bertz CT molecular complexity index is 567. The molecule has 0 fully saturated rings. The van der Waals surface area contributed by atoms with E-state index in [2.05, 4.69) is 0 Å². The summed E-state index contributed by atoms with van der Waals surface area (Å²) in [5.41, 5.74) is 1.34. The maximum Gasteiger partial charge on any atom is 0.151 e. The number of hydrogen-bond donors (Lipinski definition) is 0. The van der Waals surface area contributed by atoms with Gasteiger partial charge in [-0.3, -0.25) is 4.79 Å². The highest BCUT2D eigenvalue weighted by Crippen LogP contribution is 2.23. The van der Waals surface area contributed by atoms with Crippen LogP contribution in [0.2, 0.25) is 10.0 Å². The number of ether oxygens (including phenoxy) is 1. The molecule has 0 amide bonds. The molecule has 0 saturated carbocycles. The lowest BCUT2D eigenvalue weighted by Crippen LogP contribution is -1.96. The second-order valence-corrected chi connectivity index (χ2v) is 4.50. The lowest BCUT2D eigenvalue weighted by molar-refractivity contribution is 0.112. The van der Waals surface area contributed by atoms with Gasteiger partial charge in [0.15, 0.2) is 6.29 Å². The number of halogens is 2. The number of carbonyl (C=O) groups excluding carboxylic acids is 1. The third-order valence-corrected chi connectivity index (χ3v) is 3.15. The molecule has 0 N–H and O–H groups in total. The van der Waals surface area contributed by atoms with Gasteiger partial charge in [-0.2, -0.15) is 0 Å². The predicted octanol–water partition coefficient (Wildman–Crippen LogP) is 4.38. The quantitative estimate of drug-likeness (QED) is 0.777. The molecule has 4 heteroatoms. The molecule has 0 radical (unpaired) electrons. The van der Waals surface area contributed by atoms with Crippen molar-refractivity contribution in [3.63, 3.8) is 0 Å². The molecular weight excluding hydrogens is 271 g/mol. The summed E-state index contributed by atoms with van der Waals surface area (Å²) < 4.78 is 5.57. The van der Waals surface area contributed by atoms with E-state index < -0.39 is 0 Å². The molecule has 0 aliphatic heterocycles. The second-order valence-electron chi connectivity index (χ2n) is 3.68. The van der Waals surface area contributed by atoms with Crippen molar-refractivity contribution in [3.05, 3.63) is 63.6 Å². The third kappa shape index (κ3) is 3.03. The predicted molar refractivity (Wildman–Crippen MR) is 72.6 cm³/mol. The summed E-state index contributed by atoms with van der Waals surface area (Å²) in [6.45, 7) is 0.358. The van der Waals surface area contributed by atoms with E-state index in [0.717, 1.165) is 5.56 Å². The lowest BCUT2D eigenvalue weighted by atomic mass is 10.2. The molecule has 0 unspecified atom stereocenters. The molecule has 0 spiro atoms. The van der Waals surface area contributed by atoms with Crippen molar-refractivity contribution in [2.24, 2.45) is 0 Å². The van der Waals surface area contributed by atoms with E-state index in [0.29, 0.717) is 34.3 Å². The average Bonchev–Trinajstić information content (AvgIpc) is 2.38. The minimum atomic E-state index is 0.358. The van der Waals surface area contributed by atoms with Gasteiger partial charge in [-0.25, -0.2) is 0 Å². The van der Waals surface area contributed by atoms with Gasteiger partial charge in [0, 0.05) is 16.1 Å². The van der Waals surface area contributed by atoms with Gasteiger partial charge in [-0.15, -0.1) is 0 Å². The minimum absolute atomic E-state index is 0.358. The molecule has 0 aliphatic rings. The van der Waals surface area contributed by atoms with E-state index in [1.165, 1.54) is 0 Å². The molecule has 0 saturated heterocycles. The van der Waals surface area contributed by atoms with Crippen molar-refractivity contribution < 1.29 is 9.53 Å². The van der Waals surface area contributed by atoms with Crippen LogP contribution in [0.1, 0.15) is 15.9 Å². The van der Waals surface area contributed by atoms with E-state index in [1.807, 2.05) is 24.3 Å². The standard InChI is InChI=1S/C14H10Cl2O2/c15-13-4-2-1-3-11(13)9-18-12-6-5-10(8-17)14(16)7-12/h1-8H,9H2. The maximum absolute atomic E-state index is 10.6. The smallest absolute Gasteiger partial charge is 0.151 e. The second kappa shape index (κ2) is 5.89. The molecule has 2 rings (SSSR count). The topological polar surface area (TPSA) is 26.3 Å². The molecule has 2 nitrogen and oxygen atoms in total. The molecule has 2 aromatic rings. The summed E-state index contributed by atoms with van der Waals surface area (Å²) in [7, 11) is 0. The van der Waals surface area contributed by atoms with Crippen LogP contribution in [0, 0.1) is 0 Å². The van der Waals surface area contributed by atoms with E-state index in [-0.39, 0.29) is 0 Å². The Hall–Kier alpha value is -1.51. The Kier molecular flexibility index (Phi) is 4.24. The van der Waals surface area contributed by atoms with Gasteiger partial charge in [0.1, 0.15) is 12.4 Å². The van der Waals surface area contributed by atoms with Crippen LogP contribution < -0.4 is 4.74 Å². The van der Waals surface area contributed by atoms with Crippen molar-refractivity contribution in [2.45, 2.75) is 6.61 Å². The highest BCUT2D eigenvalue weighted by atomic mass is 35.5. The molecule has 0 bridgehead atoms. The highest BCUT2D eigenvalue weighted by molar-refractivity contribution is 6.33. The Morgan fingerprint density at radius 2 is 1.83 bits per heavy atom. The normalized spacial score (nSPS) is 10.1. The fraction of sp³-hybridized carbons (Fsp3) is 0.0714. The molecule has 0 heterocycles. The van der Waals surface area contributed by atoms with Gasteiger partial charge < -0.3 is 4.74 Å².